The lowest BCUT2D eigenvalue weighted by Crippen LogP contribution is -2.39. The molecular formula is C27H30N2O7. The number of hydrogen-bond donors (Lipinski definition) is 0. The van der Waals surface area contributed by atoms with E-state index in [9.17, 15) is 14.4 Å². The van der Waals surface area contributed by atoms with Crippen molar-refractivity contribution >= 4 is 23.7 Å². The molecule has 0 radical (unpaired) electrons. The van der Waals surface area contributed by atoms with Crippen LogP contribution in [0.15, 0.2) is 53.7 Å². The van der Waals surface area contributed by atoms with Gasteiger partial charge in [-0.3, -0.25) is 9.59 Å². The van der Waals surface area contributed by atoms with Gasteiger partial charge >= 0.3 is 12.1 Å². The third-order valence-corrected chi connectivity index (χ3v) is 6.43. The Kier molecular flexibility index (Phi) is 7.87. The van der Waals surface area contributed by atoms with Gasteiger partial charge in [-0.1, -0.05) is 41.6 Å². The summed E-state index contributed by atoms with van der Waals surface area (Å²) in [6.45, 7) is 0.763. The molecule has 2 aliphatic carbocycles. The first-order chi connectivity index (χ1) is 17.4. The van der Waals surface area contributed by atoms with E-state index >= 15 is 0 Å². The predicted molar refractivity (Wildman–Crippen MR) is 130 cm³/mol. The molecule has 0 N–H and O–H groups in total. The molecule has 36 heavy (non-hydrogen) atoms. The Morgan fingerprint density at radius 2 is 1.83 bits per heavy atom. The molecular weight excluding hydrogens is 464 g/mol. The van der Waals surface area contributed by atoms with E-state index in [1.54, 1.807) is 12.1 Å². The lowest BCUT2D eigenvalue weighted by molar-refractivity contribution is -0.149. The standard InChI is InChI=1S/C27H30N2O7/c1-17(30)35-16-36-27(32)29(2)26(31)25(28-33-3)22-10-5-4-7-20(22)15-34-21-9-6-8-19(13-21)24-14-23(24)18-11-12-18/h4-10,13,18,23-24H,11-12,14-16H2,1-3H3. The van der Waals surface area contributed by atoms with E-state index in [-0.39, 0.29) is 12.3 Å². The fourth-order valence-electron chi connectivity index (χ4n) is 4.31. The molecule has 2 saturated carbocycles. The summed E-state index contributed by atoms with van der Waals surface area (Å²) in [5.41, 5.74) is 2.36. The van der Waals surface area contributed by atoms with Crippen LogP contribution < -0.4 is 4.74 Å². The van der Waals surface area contributed by atoms with Gasteiger partial charge in [0.15, 0.2) is 5.71 Å². The van der Waals surface area contributed by atoms with Gasteiger partial charge in [-0.15, -0.1) is 0 Å². The van der Waals surface area contributed by atoms with Gasteiger partial charge in [0.25, 0.3) is 5.91 Å². The highest BCUT2D eigenvalue weighted by Gasteiger charge is 2.47. The van der Waals surface area contributed by atoms with Crippen LogP contribution in [0.2, 0.25) is 0 Å². The van der Waals surface area contributed by atoms with E-state index in [0.717, 1.165) is 22.5 Å². The lowest BCUT2D eigenvalue weighted by atomic mass is 10.0. The van der Waals surface area contributed by atoms with Crippen LogP contribution in [0.25, 0.3) is 0 Å². The molecule has 2 aromatic rings. The molecule has 4 rings (SSSR count). The number of likely N-dealkylation sites (N-methyl/N-ethyl adjacent to an activating group) is 1. The van der Waals surface area contributed by atoms with E-state index in [2.05, 4.69) is 22.0 Å². The van der Waals surface area contributed by atoms with Crippen LogP contribution in [0.3, 0.4) is 0 Å². The molecule has 2 unspecified atom stereocenters. The van der Waals surface area contributed by atoms with Crippen molar-refractivity contribution in [2.24, 2.45) is 17.0 Å². The van der Waals surface area contributed by atoms with Gasteiger partial charge in [0.05, 0.1) is 0 Å². The van der Waals surface area contributed by atoms with Crippen molar-refractivity contribution < 1.29 is 33.4 Å². The van der Waals surface area contributed by atoms with Gasteiger partial charge in [0, 0.05) is 19.5 Å². The molecule has 0 bridgehead atoms. The first-order valence-corrected chi connectivity index (χ1v) is 11.9. The Balaban J connectivity index is 1.44. The monoisotopic (exact) mass is 494 g/mol. The normalized spacial score (nSPS) is 18.7. The zero-order chi connectivity index (χ0) is 25.7. The zero-order valence-electron chi connectivity index (χ0n) is 20.6. The number of imide groups is 1. The fraction of sp³-hybridized carbons (Fsp3) is 0.407. The van der Waals surface area contributed by atoms with E-state index < -0.39 is 24.8 Å². The molecule has 9 heteroatoms. The van der Waals surface area contributed by atoms with E-state index in [0.29, 0.717) is 17.0 Å². The van der Waals surface area contributed by atoms with Gasteiger partial charge in [-0.25, -0.2) is 9.69 Å². The highest BCUT2D eigenvalue weighted by atomic mass is 16.7. The second kappa shape index (κ2) is 11.2. The summed E-state index contributed by atoms with van der Waals surface area (Å²) in [6, 6.07) is 15.3. The molecule has 0 aliphatic heterocycles. The van der Waals surface area contributed by atoms with Crippen LogP contribution >= 0.6 is 0 Å². The minimum absolute atomic E-state index is 0.0948. The second-order valence-electron chi connectivity index (χ2n) is 9.01. The van der Waals surface area contributed by atoms with Crippen LogP contribution in [0.5, 0.6) is 5.75 Å². The highest BCUT2D eigenvalue weighted by molar-refractivity contribution is 6.47. The summed E-state index contributed by atoms with van der Waals surface area (Å²) in [6.07, 6.45) is 2.97. The highest BCUT2D eigenvalue weighted by Crippen LogP contribution is 2.59. The summed E-state index contributed by atoms with van der Waals surface area (Å²) in [7, 11) is 2.55. The molecule has 0 saturated heterocycles. The molecule has 2 atom stereocenters. The third-order valence-electron chi connectivity index (χ3n) is 6.43. The van der Waals surface area contributed by atoms with E-state index in [4.69, 9.17) is 14.3 Å². The number of esters is 1. The quantitative estimate of drug-likeness (QED) is 0.211. The zero-order valence-corrected chi connectivity index (χ0v) is 20.6. The summed E-state index contributed by atoms with van der Waals surface area (Å²) >= 11 is 0. The van der Waals surface area contributed by atoms with Gasteiger partial charge in [-0.05, 0) is 60.3 Å². The molecule has 190 valence electrons. The van der Waals surface area contributed by atoms with Crippen LogP contribution in [-0.2, 0) is 30.5 Å². The first kappa shape index (κ1) is 25.2. The number of benzene rings is 2. The second-order valence-corrected chi connectivity index (χ2v) is 9.01. The number of rotatable bonds is 10. The third kappa shape index (κ3) is 6.21. The van der Waals surface area contributed by atoms with Crippen molar-refractivity contribution in [2.75, 3.05) is 21.0 Å². The van der Waals surface area contributed by atoms with Gasteiger partial charge in [-0.2, -0.15) is 0 Å². The van der Waals surface area contributed by atoms with Crippen LogP contribution in [-0.4, -0.2) is 49.5 Å². The van der Waals surface area contributed by atoms with Gasteiger partial charge in [0.2, 0.25) is 6.79 Å². The van der Waals surface area contributed by atoms with E-state index in [1.165, 1.54) is 45.9 Å². The Morgan fingerprint density at radius 3 is 2.56 bits per heavy atom. The largest absolute Gasteiger partial charge is 0.489 e. The molecule has 0 aromatic heterocycles. The smallest absolute Gasteiger partial charge is 0.419 e. The number of carbonyl (C=O) groups is 3. The fourth-order valence-corrected chi connectivity index (χ4v) is 4.31. The maximum atomic E-state index is 13.1. The van der Waals surface area contributed by atoms with E-state index in [1.807, 2.05) is 24.3 Å². The predicted octanol–water partition coefficient (Wildman–Crippen LogP) is 4.25. The number of carbonyl (C=O) groups excluding carboxylic acids is 3. The topological polar surface area (TPSA) is 104 Å². The first-order valence-electron chi connectivity index (χ1n) is 11.9. The minimum Gasteiger partial charge on any atom is -0.489 e. The molecule has 2 aromatic carbocycles. The summed E-state index contributed by atoms with van der Waals surface area (Å²) in [5, 5.41) is 3.87. The molecule has 9 nitrogen and oxygen atoms in total. The number of amides is 2. The van der Waals surface area contributed by atoms with Crippen molar-refractivity contribution in [2.45, 2.75) is 38.7 Å². The number of oxime groups is 1. The summed E-state index contributed by atoms with van der Waals surface area (Å²) < 4.78 is 15.5. The van der Waals surface area contributed by atoms with Gasteiger partial charge in [0.1, 0.15) is 19.5 Å². The van der Waals surface area contributed by atoms with Crippen molar-refractivity contribution in [3.63, 3.8) is 0 Å². The van der Waals surface area contributed by atoms with Crippen molar-refractivity contribution in [1.82, 2.24) is 4.90 Å². The number of ether oxygens (including phenoxy) is 3. The van der Waals surface area contributed by atoms with Crippen molar-refractivity contribution in [1.29, 1.82) is 0 Å². The maximum Gasteiger partial charge on any atom is 0.419 e. The average molecular weight is 495 g/mol. The Morgan fingerprint density at radius 1 is 1.06 bits per heavy atom. The lowest BCUT2D eigenvalue weighted by Gasteiger charge is -2.18. The number of nitrogens with zero attached hydrogens (tertiary/aromatic N) is 2. The average Bonchev–Trinajstić information content (AvgIpc) is 3.78. The Bertz CT molecular complexity index is 1160. The Hall–Kier alpha value is -3.88. The maximum absolute atomic E-state index is 13.1. The summed E-state index contributed by atoms with van der Waals surface area (Å²) in [4.78, 5) is 41.8. The Labute approximate surface area is 209 Å². The molecule has 2 aliphatic rings. The SMILES string of the molecule is CON=C(C(=O)N(C)C(=O)OCOC(C)=O)c1ccccc1COc1cccc(C2CC2C2CC2)c1. The van der Waals surface area contributed by atoms with Crippen molar-refractivity contribution in [3.05, 3.63) is 65.2 Å². The number of hydrogen-bond acceptors (Lipinski definition) is 8. The van der Waals surface area contributed by atoms with Crippen molar-refractivity contribution in [3.8, 4) is 5.75 Å². The van der Waals surface area contributed by atoms with Gasteiger partial charge < -0.3 is 19.0 Å². The minimum atomic E-state index is -1.000. The molecule has 0 spiro atoms. The summed E-state index contributed by atoms with van der Waals surface area (Å²) in [5.74, 6) is 1.74. The van der Waals surface area contributed by atoms with Crippen LogP contribution in [0.1, 0.15) is 48.8 Å². The van der Waals surface area contributed by atoms with Crippen LogP contribution in [0.4, 0.5) is 4.79 Å². The molecule has 0 heterocycles. The molecule has 2 fully saturated rings. The molecule has 2 amide bonds. The van der Waals surface area contributed by atoms with Crippen LogP contribution in [0, 0.1) is 11.8 Å².